The number of hydrogen-bond acceptors (Lipinski definition) is 7. The summed E-state index contributed by atoms with van der Waals surface area (Å²) in [5.74, 6) is 0.521. The molecular formula is C32H41N5O3. The zero-order valence-electron chi connectivity index (χ0n) is 23.7. The van der Waals surface area contributed by atoms with E-state index in [0.29, 0.717) is 47.6 Å². The fourth-order valence-corrected chi connectivity index (χ4v) is 4.68. The minimum absolute atomic E-state index is 0.105. The summed E-state index contributed by atoms with van der Waals surface area (Å²) in [7, 11) is 3.86. The molecule has 2 fully saturated rings. The molecule has 212 valence electrons. The standard InChI is InChI=1S/C29H35N5O3.C3H6/c1-19-14-25(16-23(18-36-3)34(19)2)37-24-10-7-20(8-11-24)28(31)26-15-21(9-12-27(26)30)29(35)33-17-22-6-4-5-13-32-22;1-2-3-1/h4-13,15,19,23,25,31H,14,16-18,30H2,1-3H3,(H,33,35);1-3H2. The van der Waals surface area contributed by atoms with Gasteiger partial charge in [-0.05, 0) is 75.0 Å². The van der Waals surface area contributed by atoms with Crippen LogP contribution in [0.4, 0.5) is 5.69 Å². The van der Waals surface area contributed by atoms with Crippen molar-refractivity contribution in [1.29, 1.82) is 5.41 Å². The van der Waals surface area contributed by atoms with Crippen LogP contribution >= 0.6 is 0 Å². The van der Waals surface area contributed by atoms with E-state index in [4.69, 9.17) is 20.6 Å². The van der Waals surface area contributed by atoms with Gasteiger partial charge in [0.15, 0.2) is 0 Å². The van der Waals surface area contributed by atoms with Crippen molar-refractivity contribution in [2.45, 2.75) is 63.8 Å². The van der Waals surface area contributed by atoms with Crippen LogP contribution in [0.3, 0.4) is 0 Å². The number of hydrogen-bond donors (Lipinski definition) is 3. The lowest BCUT2D eigenvalue weighted by Crippen LogP contribution is -2.50. The van der Waals surface area contributed by atoms with Crippen molar-refractivity contribution in [1.82, 2.24) is 15.2 Å². The number of anilines is 1. The second-order valence-corrected chi connectivity index (χ2v) is 10.6. The third-order valence-corrected chi connectivity index (χ3v) is 7.31. The fourth-order valence-electron chi connectivity index (χ4n) is 4.68. The van der Waals surface area contributed by atoms with Gasteiger partial charge in [-0.2, -0.15) is 0 Å². The summed E-state index contributed by atoms with van der Waals surface area (Å²) in [5, 5.41) is 11.6. The molecule has 1 saturated heterocycles. The lowest BCUT2D eigenvalue weighted by molar-refractivity contribution is 0.00131. The highest BCUT2D eigenvalue weighted by Gasteiger charge is 2.32. The number of pyridine rings is 1. The molecule has 8 nitrogen and oxygen atoms in total. The minimum atomic E-state index is -0.248. The molecule has 1 aliphatic carbocycles. The SMILES string of the molecule is C1CC1.COCC1CC(Oc2ccc(C(=N)c3cc(C(=O)NCc4ccccn4)ccc3N)cc2)CC(C)N1C. The third kappa shape index (κ3) is 8.13. The van der Waals surface area contributed by atoms with Crippen molar-refractivity contribution in [3.8, 4) is 5.75 Å². The number of carbonyl (C=O) groups excluding carboxylic acids is 1. The average molecular weight is 544 g/mol. The molecule has 0 radical (unpaired) electrons. The molecule has 0 spiro atoms. The number of piperidine rings is 1. The van der Waals surface area contributed by atoms with Crippen LogP contribution in [0, 0.1) is 5.41 Å². The molecule has 1 aliphatic heterocycles. The van der Waals surface area contributed by atoms with Crippen molar-refractivity contribution >= 4 is 17.3 Å². The number of rotatable bonds is 9. The Hall–Kier alpha value is -3.75. The highest BCUT2D eigenvalue weighted by molar-refractivity contribution is 6.14. The molecule has 1 amide bonds. The Balaban J connectivity index is 0.00000115. The van der Waals surface area contributed by atoms with Gasteiger partial charge in [0, 0.05) is 54.2 Å². The summed E-state index contributed by atoms with van der Waals surface area (Å²) in [6, 6.07) is 18.8. The zero-order valence-corrected chi connectivity index (χ0v) is 23.7. The van der Waals surface area contributed by atoms with Gasteiger partial charge in [-0.25, -0.2) is 0 Å². The van der Waals surface area contributed by atoms with E-state index in [1.165, 1.54) is 19.3 Å². The van der Waals surface area contributed by atoms with Crippen molar-refractivity contribution in [2.75, 3.05) is 26.5 Å². The molecule has 4 N–H and O–H groups in total. The summed E-state index contributed by atoms with van der Waals surface area (Å²) in [4.78, 5) is 19.3. The predicted molar refractivity (Wildman–Crippen MR) is 159 cm³/mol. The molecule has 3 unspecified atom stereocenters. The number of nitrogens with one attached hydrogen (secondary N) is 2. The first kappa shape index (κ1) is 29.2. The number of nitrogens with zero attached hydrogens (tertiary/aromatic N) is 2. The number of methoxy groups -OCH3 is 1. The number of nitrogen functional groups attached to an aromatic ring is 1. The average Bonchev–Trinajstić information content (AvgIpc) is 3.85. The Morgan fingerprint density at radius 1 is 1.07 bits per heavy atom. The first-order valence-electron chi connectivity index (χ1n) is 14.0. The van der Waals surface area contributed by atoms with Gasteiger partial charge in [-0.1, -0.05) is 25.3 Å². The summed E-state index contributed by atoms with van der Waals surface area (Å²) in [6.45, 7) is 3.21. The molecule has 2 aromatic carbocycles. The Morgan fingerprint density at radius 2 is 1.80 bits per heavy atom. The lowest BCUT2D eigenvalue weighted by atomic mass is 9.94. The molecule has 3 atom stereocenters. The van der Waals surface area contributed by atoms with Crippen LogP contribution < -0.4 is 15.8 Å². The van der Waals surface area contributed by atoms with Gasteiger partial charge in [0.25, 0.3) is 5.91 Å². The highest BCUT2D eigenvalue weighted by atomic mass is 16.5. The van der Waals surface area contributed by atoms with Gasteiger partial charge in [0.05, 0.1) is 24.6 Å². The summed E-state index contributed by atoms with van der Waals surface area (Å²) in [6.07, 6.45) is 8.14. The quantitative estimate of drug-likeness (QED) is 0.257. The molecule has 8 heteroatoms. The first-order chi connectivity index (χ1) is 19.4. The normalized spacial score (nSPS) is 20.1. The Kier molecular flexibility index (Phi) is 10.3. The van der Waals surface area contributed by atoms with E-state index in [1.54, 1.807) is 31.5 Å². The van der Waals surface area contributed by atoms with E-state index in [-0.39, 0.29) is 17.7 Å². The number of amides is 1. The van der Waals surface area contributed by atoms with Gasteiger partial charge >= 0.3 is 0 Å². The number of aromatic nitrogens is 1. The Morgan fingerprint density at radius 3 is 2.45 bits per heavy atom. The van der Waals surface area contributed by atoms with E-state index < -0.39 is 0 Å². The van der Waals surface area contributed by atoms with E-state index in [9.17, 15) is 4.79 Å². The van der Waals surface area contributed by atoms with E-state index in [2.05, 4.69) is 29.2 Å². The molecule has 5 rings (SSSR count). The second kappa shape index (κ2) is 14.1. The molecule has 40 heavy (non-hydrogen) atoms. The number of benzene rings is 2. The zero-order chi connectivity index (χ0) is 28.5. The van der Waals surface area contributed by atoms with Gasteiger partial charge < -0.3 is 20.5 Å². The number of likely N-dealkylation sites (N-methyl/N-ethyl adjacent to an activating group) is 1. The van der Waals surface area contributed by atoms with Crippen LogP contribution in [0.2, 0.25) is 0 Å². The van der Waals surface area contributed by atoms with Crippen LogP contribution in [0.1, 0.15) is 66.2 Å². The number of carbonyl (C=O) groups is 1. The van der Waals surface area contributed by atoms with Crippen molar-refractivity contribution < 1.29 is 14.3 Å². The van der Waals surface area contributed by atoms with Crippen molar-refractivity contribution in [3.05, 3.63) is 89.2 Å². The van der Waals surface area contributed by atoms with Gasteiger partial charge in [0.2, 0.25) is 0 Å². The summed E-state index contributed by atoms with van der Waals surface area (Å²) >= 11 is 0. The number of nitrogens with two attached hydrogens (primary N) is 1. The maximum atomic E-state index is 12.7. The lowest BCUT2D eigenvalue weighted by Gasteiger charge is -2.41. The fraction of sp³-hybridized carbons (Fsp3) is 0.406. The topological polar surface area (TPSA) is 114 Å². The predicted octanol–water partition coefficient (Wildman–Crippen LogP) is 5.06. The molecule has 2 heterocycles. The third-order valence-electron chi connectivity index (χ3n) is 7.31. The number of likely N-dealkylation sites (tertiary alicyclic amines) is 1. The molecule has 3 aromatic rings. The Labute approximate surface area is 237 Å². The van der Waals surface area contributed by atoms with E-state index >= 15 is 0 Å². The van der Waals surface area contributed by atoms with Crippen molar-refractivity contribution in [3.63, 3.8) is 0 Å². The van der Waals surface area contributed by atoms with Crippen LogP contribution in [0.15, 0.2) is 66.9 Å². The molecule has 1 saturated carbocycles. The largest absolute Gasteiger partial charge is 0.490 e. The van der Waals surface area contributed by atoms with E-state index in [1.807, 2.05) is 42.5 Å². The van der Waals surface area contributed by atoms with E-state index in [0.717, 1.165) is 24.3 Å². The van der Waals surface area contributed by atoms with Gasteiger partial charge in [0.1, 0.15) is 11.9 Å². The monoisotopic (exact) mass is 543 g/mol. The minimum Gasteiger partial charge on any atom is -0.490 e. The molecule has 0 bridgehead atoms. The van der Waals surface area contributed by atoms with Crippen LogP contribution in [-0.4, -0.2) is 60.5 Å². The highest BCUT2D eigenvalue weighted by Crippen LogP contribution is 2.27. The smallest absolute Gasteiger partial charge is 0.251 e. The second-order valence-electron chi connectivity index (χ2n) is 10.6. The number of ether oxygens (including phenoxy) is 2. The van der Waals surface area contributed by atoms with Crippen LogP contribution in [0.5, 0.6) is 5.75 Å². The van der Waals surface area contributed by atoms with Crippen LogP contribution in [-0.2, 0) is 11.3 Å². The van der Waals surface area contributed by atoms with Gasteiger partial charge in [-0.15, -0.1) is 0 Å². The summed E-state index contributed by atoms with van der Waals surface area (Å²) < 4.78 is 11.7. The first-order valence-corrected chi connectivity index (χ1v) is 14.0. The molecule has 1 aromatic heterocycles. The molecule has 2 aliphatic rings. The Bertz CT molecular complexity index is 1260. The summed E-state index contributed by atoms with van der Waals surface area (Å²) in [5.41, 5.74) is 9.28. The van der Waals surface area contributed by atoms with Crippen LogP contribution in [0.25, 0.3) is 0 Å². The van der Waals surface area contributed by atoms with Gasteiger partial charge in [-0.3, -0.25) is 20.1 Å². The maximum absolute atomic E-state index is 12.7. The molecular weight excluding hydrogens is 502 g/mol. The maximum Gasteiger partial charge on any atom is 0.251 e. The van der Waals surface area contributed by atoms with Crippen molar-refractivity contribution in [2.24, 2.45) is 0 Å².